The molecule has 2 N–H and O–H groups in total. The first-order chi connectivity index (χ1) is 4.88. The van der Waals surface area contributed by atoms with E-state index in [9.17, 15) is 0 Å². The van der Waals surface area contributed by atoms with Gasteiger partial charge in [-0.15, -0.1) is 0 Å². The second-order valence-corrected chi connectivity index (χ2v) is 2.63. The molecule has 0 aliphatic carbocycles. The van der Waals surface area contributed by atoms with Gasteiger partial charge in [0.1, 0.15) is 0 Å². The van der Waals surface area contributed by atoms with Crippen LogP contribution in [0.25, 0.3) is 0 Å². The molecule has 1 aliphatic rings. The molecule has 60 valence electrons. The lowest BCUT2D eigenvalue weighted by Crippen LogP contribution is -2.38. The fraction of sp³-hybridized carbons (Fsp3) is 1.00. The Morgan fingerprint density at radius 1 is 1.70 bits per heavy atom. The van der Waals surface area contributed by atoms with Crippen molar-refractivity contribution >= 4 is 0 Å². The largest absolute Gasteiger partial charge is 0.379 e. The van der Waals surface area contributed by atoms with Crippen LogP contribution in [0.2, 0.25) is 0 Å². The first kappa shape index (κ1) is 7.98. The fourth-order valence-corrected chi connectivity index (χ4v) is 1.29. The van der Waals surface area contributed by atoms with E-state index in [4.69, 9.17) is 15.2 Å². The molecule has 0 bridgehead atoms. The first-order valence-corrected chi connectivity index (χ1v) is 3.69. The van der Waals surface area contributed by atoms with Crippen LogP contribution in [-0.2, 0) is 9.47 Å². The summed E-state index contributed by atoms with van der Waals surface area (Å²) in [7, 11) is 1.71. The second-order valence-electron chi connectivity index (χ2n) is 2.63. The molecule has 0 aromatic rings. The van der Waals surface area contributed by atoms with E-state index >= 15 is 0 Å². The third kappa shape index (κ3) is 1.68. The van der Waals surface area contributed by atoms with E-state index in [2.05, 4.69) is 0 Å². The van der Waals surface area contributed by atoms with Crippen LogP contribution in [0.5, 0.6) is 0 Å². The Hall–Kier alpha value is -0.120. The Kier molecular flexibility index (Phi) is 3.12. The van der Waals surface area contributed by atoms with Gasteiger partial charge in [0.2, 0.25) is 0 Å². The fourth-order valence-electron chi connectivity index (χ4n) is 1.29. The highest BCUT2D eigenvalue weighted by atomic mass is 16.5. The van der Waals surface area contributed by atoms with Gasteiger partial charge in [-0.05, 0) is 13.0 Å². The number of hydrogen-bond donors (Lipinski definition) is 1. The number of hydrogen-bond acceptors (Lipinski definition) is 3. The molecule has 1 saturated heterocycles. The highest BCUT2D eigenvalue weighted by molar-refractivity contribution is 4.74. The molecule has 0 aromatic carbocycles. The van der Waals surface area contributed by atoms with Crippen molar-refractivity contribution in [2.45, 2.75) is 12.5 Å². The summed E-state index contributed by atoms with van der Waals surface area (Å²) in [6.07, 6.45) is 1.26. The lowest BCUT2D eigenvalue weighted by Gasteiger charge is -2.29. The molecule has 0 aromatic heterocycles. The number of nitrogens with two attached hydrogens (primary N) is 1. The van der Waals surface area contributed by atoms with E-state index in [1.54, 1.807) is 7.11 Å². The third-order valence-corrected chi connectivity index (χ3v) is 2.05. The summed E-state index contributed by atoms with van der Waals surface area (Å²) in [4.78, 5) is 0. The highest BCUT2D eigenvalue weighted by Gasteiger charge is 2.23. The Bertz CT molecular complexity index is 85.6. The summed E-state index contributed by atoms with van der Waals surface area (Å²) in [5.41, 5.74) is 5.53. The van der Waals surface area contributed by atoms with Gasteiger partial charge in [-0.25, -0.2) is 0 Å². The van der Waals surface area contributed by atoms with Crippen molar-refractivity contribution in [3.8, 4) is 0 Å². The molecule has 1 heterocycles. The molecular formula is C7H15NO2. The molecular weight excluding hydrogens is 130 g/mol. The van der Waals surface area contributed by atoms with Crippen LogP contribution >= 0.6 is 0 Å². The zero-order valence-electron chi connectivity index (χ0n) is 6.38. The van der Waals surface area contributed by atoms with Crippen molar-refractivity contribution in [2.75, 3.05) is 26.9 Å². The maximum atomic E-state index is 5.53. The van der Waals surface area contributed by atoms with Crippen LogP contribution in [0.15, 0.2) is 0 Å². The van der Waals surface area contributed by atoms with Crippen LogP contribution in [0.4, 0.5) is 0 Å². The minimum absolute atomic E-state index is 0.221. The number of methoxy groups -OCH3 is 1. The molecule has 3 heteroatoms. The monoisotopic (exact) mass is 145 g/mol. The lowest BCUT2D eigenvalue weighted by molar-refractivity contribution is -0.0625. The van der Waals surface area contributed by atoms with E-state index in [0.717, 1.165) is 13.0 Å². The molecule has 0 radical (unpaired) electrons. The van der Waals surface area contributed by atoms with E-state index in [0.29, 0.717) is 19.1 Å². The summed E-state index contributed by atoms with van der Waals surface area (Å²) in [6.45, 7) is 2.25. The standard InChI is InChI=1S/C7H15NO2/c1-9-7-5-10-3-2-6(7)4-8/h6-7H,2-5,8H2,1H3/t6-,7-/m1/s1. The predicted molar refractivity (Wildman–Crippen MR) is 38.8 cm³/mol. The molecule has 0 spiro atoms. The zero-order valence-corrected chi connectivity index (χ0v) is 6.38. The quantitative estimate of drug-likeness (QED) is 0.594. The molecule has 2 atom stereocenters. The summed E-state index contributed by atoms with van der Waals surface area (Å²) in [5.74, 6) is 0.499. The lowest BCUT2D eigenvalue weighted by atomic mass is 9.98. The van der Waals surface area contributed by atoms with Crippen molar-refractivity contribution in [3.05, 3.63) is 0 Å². The number of rotatable bonds is 2. The van der Waals surface area contributed by atoms with Crippen LogP contribution in [0.3, 0.4) is 0 Å². The Morgan fingerprint density at radius 3 is 3.00 bits per heavy atom. The van der Waals surface area contributed by atoms with Crippen molar-refractivity contribution in [1.29, 1.82) is 0 Å². The third-order valence-electron chi connectivity index (χ3n) is 2.05. The SMILES string of the molecule is CO[C@@H]1COCC[C@@H]1CN. The van der Waals surface area contributed by atoms with Crippen LogP contribution < -0.4 is 5.73 Å². The van der Waals surface area contributed by atoms with E-state index in [-0.39, 0.29) is 6.10 Å². The molecule has 1 rings (SSSR count). The molecule has 0 unspecified atom stereocenters. The average Bonchev–Trinajstić information content (AvgIpc) is 2.04. The van der Waals surface area contributed by atoms with Crippen molar-refractivity contribution in [3.63, 3.8) is 0 Å². The predicted octanol–water partition coefficient (Wildman–Crippen LogP) is -0.00340. The molecule has 3 nitrogen and oxygen atoms in total. The smallest absolute Gasteiger partial charge is 0.0845 e. The van der Waals surface area contributed by atoms with Gasteiger partial charge in [0.15, 0.2) is 0 Å². The van der Waals surface area contributed by atoms with E-state index < -0.39 is 0 Å². The Morgan fingerprint density at radius 2 is 2.50 bits per heavy atom. The van der Waals surface area contributed by atoms with Gasteiger partial charge in [-0.1, -0.05) is 0 Å². The molecule has 10 heavy (non-hydrogen) atoms. The molecule has 0 saturated carbocycles. The Labute approximate surface area is 61.5 Å². The van der Waals surface area contributed by atoms with Crippen molar-refractivity contribution in [1.82, 2.24) is 0 Å². The Balaban J connectivity index is 2.34. The number of ether oxygens (including phenoxy) is 2. The van der Waals surface area contributed by atoms with Gasteiger partial charge in [0.25, 0.3) is 0 Å². The van der Waals surface area contributed by atoms with Gasteiger partial charge < -0.3 is 15.2 Å². The van der Waals surface area contributed by atoms with Gasteiger partial charge in [0, 0.05) is 19.6 Å². The van der Waals surface area contributed by atoms with Crippen molar-refractivity contribution in [2.24, 2.45) is 11.7 Å². The summed E-state index contributed by atoms with van der Waals surface area (Å²) < 4.78 is 10.4. The minimum Gasteiger partial charge on any atom is -0.379 e. The van der Waals surface area contributed by atoms with Gasteiger partial charge >= 0.3 is 0 Å². The maximum absolute atomic E-state index is 5.53. The molecule has 1 fully saturated rings. The van der Waals surface area contributed by atoms with E-state index in [1.165, 1.54) is 0 Å². The second kappa shape index (κ2) is 3.91. The normalized spacial score (nSPS) is 34.2. The topological polar surface area (TPSA) is 44.5 Å². The summed E-state index contributed by atoms with van der Waals surface area (Å²) in [6, 6.07) is 0. The molecule has 1 aliphatic heterocycles. The summed E-state index contributed by atoms with van der Waals surface area (Å²) >= 11 is 0. The van der Waals surface area contributed by atoms with Crippen LogP contribution in [0.1, 0.15) is 6.42 Å². The van der Waals surface area contributed by atoms with Gasteiger partial charge in [-0.3, -0.25) is 0 Å². The molecule has 0 amide bonds. The highest BCUT2D eigenvalue weighted by Crippen LogP contribution is 2.15. The minimum atomic E-state index is 0.221. The van der Waals surface area contributed by atoms with E-state index in [1.807, 2.05) is 0 Å². The van der Waals surface area contributed by atoms with Crippen LogP contribution in [0, 0.1) is 5.92 Å². The average molecular weight is 145 g/mol. The van der Waals surface area contributed by atoms with Gasteiger partial charge in [0.05, 0.1) is 12.7 Å². The zero-order chi connectivity index (χ0) is 7.40. The van der Waals surface area contributed by atoms with Crippen LogP contribution in [-0.4, -0.2) is 33.0 Å². The first-order valence-electron chi connectivity index (χ1n) is 3.69. The summed E-state index contributed by atoms with van der Waals surface area (Å²) in [5, 5.41) is 0. The van der Waals surface area contributed by atoms with Crippen molar-refractivity contribution < 1.29 is 9.47 Å². The maximum Gasteiger partial charge on any atom is 0.0845 e. The van der Waals surface area contributed by atoms with Gasteiger partial charge in [-0.2, -0.15) is 0 Å².